The van der Waals surface area contributed by atoms with Gasteiger partial charge in [-0.05, 0) is 82.8 Å². The molecule has 1 fully saturated rings. The van der Waals surface area contributed by atoms with Crippen LogP contribution in [0.15, 0.2) is 12.1 Å². The molecule has 0 aliphatic carbocycles. The van der Waals surface area contributed by atoms with E-state index in [9.17, 15) is 0 Å². The van der Waals surface area contributed by atoms with Gasteiger partial charge in [0.25, 0.3) is 0 Å². The van der Waals surface area contributed by atoms with E-state index in [2.05, 4.69) is 43.5 Å². The summed E-state index contributed by atoms with van der Waals surface area (Å²) in [4.78, 5) is 0. The minimum atomic E-state index is 0.760. The van der Waals surface area contributed by atoms with Crippen molar-refractivity contribution in [3.05, 3.63) is 34.4 Å². The zero-order valence-electron chi connectivity index (χ0n) is 12.7. The summed E-state index contributed by atoms with van der Waals surface area (Å²) in [6.45, 7) is 10.1. The fourth-order valence-corrected chi connectivity index (χ4v) is 3.22. The van der Waals surface area contributed by atoms with E-state index in [0.717, 1.165) is 25.6 Å². The Balaban J connectivity index is 1.70. The summed E-state index contributed by atoms with van der Waals surface area (Å²) in [6.07, 6.45) is 5.13. The fraction of sp³-hybridized carbons (Fsp3) is 0.647. The summed E-state index contributed by atoms with van der Waals surface area (Å²) in [6, 6.07) is 5.35. The van der Waals surface area contributed by atoms with E-state index in [0.29, 0.717) is 0 Å². The molecule has 1 saturated heterocycles. The molecule has 2 N–H and O–H groups in total. The Hall–Kier alpha value is -0.860. The van der Waals surface area contributed by atoms with Crippen LogP contribution in [-0.2, 0) is 6.42 Å². The van der Waals surface area contributed by atoms with Crippen molar-refractivity contribution in [3.63, 3.8) is 0 Å². The number of aryl methyl sites for hydroxylation is 3. The zero-order valence-corrected chi connectivity index (χ0v) is 12.7. The Bertz CT molecular complexity index is 383. The molecule has 1 unspecified atom stereocenters. The smallest absolute Gasteiger partial charge is 0.00796 e. The predicted molar refractivity (Wildman–Crippen MR) is 82.9 cm³/mol. The van der Waals surface area contributed by atoms with Crippen LogP contribution in [0.1, 0.15) is 41.5 Å². The number of hydrogen-bond donors (Lipinski definition) is 2. The number of benzene rings is 1. The highest BCUT2D eigenvalue weighted by Crippen LogP contribution is 2.16. The molecule has 0 radical (unpaired) electrons. The van der Waals surface area contributed by atoms with Crippen LogP contribution < -0.4 is 10.6 Å². The van der Waals surface area contributed by atoms with Crippen LogP contribution in [0.5, 0.6) is 0 Å². The molecule has 2 heteroatoms. The quantitative estimate of drug-likeness (QED) is 0.769. The molecule has 1 aromatic carbocycles. The van der Waals surface area contributed by atoms with Gasteiger partial charge < -0.3 is 10.6 Å². The largest absolute Gasteiger partial charge is 0.316 e. The van der Waals surface area contributed by atoms with Gasteiger partial charge in [-0.15, -0.1) is 0 Å². The van der Waals surface area contributed by atoms with Gasteiger partial charge in [0, 0.05) is 6.04 Å². The molecule has 1 aromatic rings. The maximum absolute atomic E-state index is 3.59. The maximum Gasteiger partial charge on any atom is 0.00796 e. The van der Waals surface area contributed by atoms with Crippen molar-refractivity contribution in [2.45, 2.75) is 52.5 Å². The van der Waals surface area contributed by atoms with Crippen LogP contribution >= 0.6 is 0 Å². The minimum Gasteiger partial charge on any atom is -0.316 e. The topological polar surface area (TPSA) is 24.1 Å². The van der Waals surface area contributed by atoms with Crippen molar-refractivity contribution in [1.29, 1.82) is 0 Å². The van der Waals surface area contributed by atoms with Gasteiger partial charge in [-0.1, -0.05) is 17.7 Å². The molecule has 2 nitrogen and oxygen atoms in total. The van der Waals surface area contributed by atoms with Gasteiger partial charge in [0.05, 0.1) is 0 Å². The minimum absolute atomic E-state index is 0.760. The molecule has 2 rings (SSSR count). The molecule has 19 heavy (non-hydrogen) atoms. The summed E-state index contributed by atoms with van der Waals surface area (Å²) >= 11 is 0. The average molecular weight is 260 g/mol. The third-order valence-corrected chi connectivity index (χ3v) is 4.22. The second-order valence-corrected chi connectivity index (χ2v) is 5.96. The van der Waals surface area contributed by atoms with Gasteiger partial charge in [0.1, 0.15) is 0 Å². The first-order chi connectivity index (χ1) is 9.16. The lowest BCUT2D eigenvalue weighted by atomic mass is 9.97. The third-order valence-electron chi connectivity index (χ3n) is 4.22. The standard InChI is InChI=1S/C17H28N2/c1-13-11-14(2)17(15(3)12-13)7-10-18-9-6-16-5-4-8-19-16/h11-12,16,18-19H,4-10H2,1-3H3. The molecule has 1 atom stereocenters. The number of rotatable bonds is 6. The Morgan fingerprint density at radius 1 is 1.16 bits per heavy atom. The molecule has 1 heterocycles. The average Bonchev–Trinajstić information content (AvgIpc) is 2.84. The second kappa shape index (κ2) is 7.06. The lowest BCUT2D eigenvalue weighted by Crippen LogP contribution is -2.28. The van der Waals surface area contributed by atoms with Crippen molar-refractivity contribution < 1.29 is 0 Å². The number of nitrogens with one attached hydrogen (secondary N) is 2. The molecule has 1 aliphatic rings. The first kappa shape index (κ1) is 14.5. The molecule has 0 amide bonds. The molecule has 1 aliphatic heterocycles. The van der Waals surface area contributed by atoms with Crippen LogP contribution in [0, 0.1) is 20.8 Å². The molecular formula is C17H28N2. The summed E-state index contributed by atoms with van der Waals surface area (Å²) in [5.41, 5.74) is 5.78. The highest BCUT2D eigenvalue weighted by Gasteiger charge is 2.12. The van der Waals surface area contributed by atoms with Crippen molar-refractivity contribution in [2.24, 2.45) is 0 Å². The molecule has 0 saturated carbocycles. The molecule has 0 spiro atoms. The molecular weight excluding hydrogens is 232 g/mol. The maximum atomic E-state index is 3.59. The van der Waals surface area contributed by atoms with Gasteiger partial charge in [-0.25, -0.2) is 0 Å². The first-order valence-electron chi connectivity index (χ1n) is 7.67. The van der Waals surface area contributed by atoms with E-state index in [1.807, 2.05) is 0 Å². The van der Waals surface area contributed by atoms with E-state index in [1.54, 1.807) is 0 Å². The lowest BCUT2D eigenvalue weighted by Gasteiger charge is -2.13. The van der Waals surface area contributed by atoms with Crippen molar-refractivity contribution >= 4 is 0 Å². The lowest BCUT2D eigenvalue weighted by molar-refractivity contribution is 0.525. The summed E-state index contributed by atoms with van der Waals surface area (Å²) in [7, 11) is 0. The van der Waals surface area contributed by atoms with Crippen molar-refractivity contribution in [3.8, 4) is 0 Å². The van der Waals surface area contributed by atoms with Crippen LogP contribution in [0.2, 0.25) is 0 Å². The molecule has 0 bridgehead atoms. The Morgan fingerprint density at radius 2 is 1.89 bits per heavy atom. The summed E-state index contributed by atoms with van der Waals surface area (Å²) in [5, 5.41) is 7.14. The van der Waals surface area contributed by atoms with E-state index < -0.39 is 0 Å². The van der Waals surface area contributed by atoms with Crippen LogP contribution in [0.25, 0.3) is 0 Å². The van der Waals surface area contributed by atoms with Crippen LogP contribution in [0.3, 0.4) is 0 Å². The van der Waals surface area contributed by atoms with Crippen LogP contribution in [-0.4, -0.2) is 25.7 Å². The summed E-state index contributed by atoms with van der Waals surface area (Å²) in [5.74, 6) is 0. The van der Waals surface area contributed by atoms with E-state index >= 15 is 0 Å². The SMILES string of the molecule is Cc1cc(C)c(CCNCCC2CCCN2)c(C)c1. The molecule has 0 aromatic heterocycles. The Morgan fingerprint density at radius 3 is 2.53 bits per heavy atom. The first-order valence-corrected chi connectivity index (χ1v) is 7.67. The summed E-state index contributed by atoms with van der Waals surface area (Å²) < 4.78 is 0. The Labute approximate surface area is 118 Å². The van der Waals surface area contributed by atoms with Gasteiger partial charge in [-0.2, -0.15) is 0 Å². The van der Waals surface area contributed by atoms with Gasteiger partial charge in [-0.3, -0.25) is 0 Å². The zero-order chi connectivity index (χ0) is 13.7. The Kier molecular flexibility index (Phi) is 5.41. The number of hydrogen-bond acceptors (Lipinski definition) is 2. The monoisotopic (exact) mass is 260 g/mol. The highest BCUT2D eigenvalue weighted by atomic mass is 14.9. The van der Waals surface area contributed by atoms with Crippen molar-refractivity contribution in [1.82, 2.24) is 10.6 Å². The second-order valence-electron chi connectivity index (χ2n) is 5.96. The van der Waals surface area contributed by atoms with E-state index in [-0.39, 0.29) is 0 Å². The normalized spacial score (nSPS) is 19.0. The van der Waals surface area contributed by atoms with Gasteiger partial charge in [0.15, 0.2) is 0 Å². The predicted octanol–water partition coefficient (Wildman–Crippen LogP) is 2.89. The van der Waals surface area contributed by atoms with Crippen LogP contribution in [0.4, 0.5) is 0 Å². The van der Waals surface area contributed by atoms with Gasteiger partial charge >= 0.3 is 0 Å². The van der Waals surface area contributed by atoms with Crippen molar-refractivity contribution in [2.75, 3.05) is 19.6 Å². The third kappa shape index (κ3) is 4.32. The fourth-order valence-electron chi connectivity index (χ4n) is 3.22. The highest BCUT2D eigenvalue weighted by molar-refractivity contribution is 5.37. The molecule has 106 valence electrons. The van der Waals surface area contributed by atoms with E-state index in [1.165, 1.54) is 48.1 Å². The van der Waals surface area contributed by atoms with E-state index in [4.69, 9.17) is 0 Å². The van der Waals surface area contributed by atoms with Gasteiger partial charge in [0.2, 0.25) is 0 Å².